The smallest absolute Gasteiger partial charge is 0.407 e. The molecule has 0 bridgehead atoms. The van der Waals surface area contributed by atoms with Crippen LogP contribution in [-0.2, 0) is 11.2 Å². The number of carbonyl (C=O) groups is 1. The number of amides is 1. The predicted octanol–water partition coefficient (Wildman–Crippen LogP) is 3.02. The fraction of sp³-hybridized carbons (Fsp3) is 0.467. The summed E-state index contributed by atoms with van der Waals surface area (Å²) in [5, 5.41) is 10.9. The molecule has 2 N–H and O–H groups in total. The summed E-state index contributed by atoms with van der Waals surface area (Å²) in [6, 6.07) is 6.00. The van der Waals surface area contributed by atoms with Crippen LogP contribution in [0.15, 0.2) is 24.4 Å². The first-order chi connectivity index (χ1) is 9.35. The Morgan fingerprint density at radius 3 is 2.90 bits per heavy atom. The van der Waals surface area contributed by atoms with Crippen LogP contribution in [0.3, 0.4) is 0 Å². The van der Waals surface area contributed by atoms with E-state index in [9.17, 15) is 4.79 Å². The average molecular weight is 275 g/mol. The number of H-pyrrole nitrogens is 1. The lowest BCUT2D eigenvalue weighted by molar-refractivity contribution is 0.0508. The molecule has 0 spiro atoms. The van der Waals surface area contributed by atoms with E-state index in [1.54, 1.807) is 0 Å². The van der Waals surface area contributed by atoms with Gasteiger partial charge < -0.3 is 10.1 Å². The van der Waals surface area contributed by atoms with E-state index in [0.29, 0.717) is 0 Å². The van der Waals surface area contributed by atoms with E-state index in [4.69, 9.17) is 4.74 Å². The molecule has 2 rings (SSSR count). The number of rotatable bonds is 3. The third-order valence-electron chi connectivity index (χ3n) is 2.86. The van der Waals surface area contributed by atoms with E-state index in [1.807, 2.05) is 52.1 Å². The summed E-state index contributed by atoms with van der Waals surface area (Å²) < 4.78 is 5.25. The Balaban J connectivity index is 1.99. The number of hydrogen-bond acceptors (Lipinski definition) is 3. The lowest BCUT2D eigenvalue weighted by Gasteiger charge is -2.22. The van der Waals surface area contributed by atoms with Crippen molar-refractivity contribution < 1.29 is 9.53 Å². The monoisotopic (exact) mass is 275 g/mol. The van der Waals surface area contributed by atoms with Crippen molar-refractivity contribution in [3.05, 3.63) is 30.0 Å². The molecule has 1 atom stereocenters. The number of benzene rings is 1. The van der Waals surface area contributed by atoms with Gasteiger partial charge in [0.1, 0.15) is 5.60 Å². The Bertz CT molecular complexity index is 598. The van der Waals surface area contributed by atoms with Crippen LogP contribution >= 0.6 is 0 Å². The molecule has 0 saturated heterocycles. The van der Waals surface area contributed by atoms with Gasteiger partial charge in [0.25, 0.3) is 0 Å². The molecule has 0 aliphatic heterocycles. The third kappa shape index (κ3) is 3.73. The van der Waals surface area contributed by atoms with Crippen LogP contribution in [0.4, 0.5) is 4.79 Å². The SMILES string of the molecule is C[C@H](Cc1cccc2[nH]ncc12)NC(=O)OC(C)(C)C. The average Bonchev–Trinajstić information content (AvgIpc) is 2.74. The van der Waals surface area contributed by atoms with Crippen LogP contribution < -0.4 is 5.32 Å². The zero-order valence-electron chi connectivity index (χ0n) is 12.4. The summed E-state index contributed by atoms with van der Waals surface area (Å²) in [4.78, 5) is 11.7. The fourth-order valence-electron chi connectivity index (χ4n) is 2.10. The molecule has 5 heteroatoms. The number of carbonyl (C=O) groups excluding carboxylic acids is 1. The maximum atomic E-state index is 11.7. The van der Waals surface area contributed by atoms with Gasteiger partial charge in [0, 0.05) is 11.4 Å². The zero-order valence-corrected chi connectivity index (χ0v) is 12.4. The third-order valence-corrected chi connectivity index (χ3v) is 2.86. The van der Waals surface area contributed by atoms with Gasteiger partial charge in [-0.1, -0.05) is 12.1 Å². The first kappa shape index (κ1) is 14.4. The molecule has 0 aliphatic rings. The minimum Gasteiger partial charge on any atom is -0.444 e. The van der Waals surface area contributed by atoms with Gasteiger partial charge in [-0.15, -0.1) is 0 Å². The van der Waals surface area contributed by atoms with Crippen molar-refractivity contribution in [2.45, 2.75) is 45.8 Å². The van der Waals surface area contributed by atoms with Crippen LogP contribution in [0.2, 0.25) is 0 Å². The van der Waals surface area contributed by atoms with Crippen molar-refractivity contribution in [1.82, 2.24) is 15.5 Å². The van der Waals surface area contributed by atoms with E-state index < -0.39 is 5.60 Å². The number of hydrogen-bond donors (Lipinski definition) is 2. The highest BCUT2D eigenvalue weighted by Crippen LogP contribution is 2.17. The van der Waals surface area contributed by atoms with Crippen molar-refractivity contribution in [2.24, 2.45) is 0 Å². The summed E-state index contributed by atoms with van der Waals surface area (Å²) in [5.41, 5.74) is 1.68. The molecule has 0 unspecified atom stereocenters. The standard InChI is InChI=1S/C15H21N3O2/c1-10(17-14(19)20-15(2,3)4)8-11-6-5-7-13-12(11)9-16-18-13/h5-7,9-10H,8H2,1-4H3,(H,16,18)(H,17,19)/t10-/m1/s1. The number of ether oxygens (including phenoxy) is 1. The summed E-state index contributed by atoms with van der Waals surface area (Å²) >= 11 is 0. The molecule has 0 fully saturated rings. The molecule has 108 valence electrons. The van der Waals surface area contributed by atoms with Crippen LogP contribution in [0, 0.1) is 0 Å². The number of nitrogens with one attached hydrogen (secondary N) is 2. The highest BCUT2D eigenvalue weighted by atomic mass is 16.6. The molecule has 0 saturated carbocycles. The molecular formula is C15H21N3O2. The quantitative estimate of drug-likeness (QED) is 0.904. The Kier molecular flexibility index (Phi) is 3.97. The van der Waals surface area contributed by atoms with Crippen molar-refractivity contribution in [1.29, 1.82) is 0 Å². The van der Waals surface area contributed by atoms with Gasteiger partial charge in [0.05, 0.1) is 11.7 Å². The number of aromatic amines is 1. The van der Waals surface area contributed by atoms with E-state index >= 15 is 0 Å². The Morgan fingerprint density at radius 1 is 1.45 bits per heavy atom. The Labute approximate surface area is 118 Å². The molecule has 0 aliphatic carbocycles. The molecule has 2 aromatic rings. The van der Waals surface area contributed by atoms with Crippen LogP contribution in [-0.4, -0.2) is 27.9 Å². The highest BCUT2D eigenvalue weighted by Gasteiger charge is 2.18. The van der Waals surface area contributed by atoms with E-state index in [2.05, 4.69) is 15.5 Å². The Hall–Kier alpha value is -2.04. The summed E-state index contributed by atoms with van der Waals surface area (Å²) in [6.07, 6.45) is 2.16. The summed E-state index contributed by atoms with van der Waals surface area (Å²) in [7, 11) is 0. The van der Waals surface area contributed by atoms with Crippen LogP contribution in [0.5, 0.6) is 0 Å². The molecular weight excluding hydrogens is 254 g/mol. The highest BCUT2D eigenvalue weighted by molar-refractivity contribution is 5.81. The van der Waals surface area contributed by atoms with Gasteiger partial charge >= 0.3 is 6.09 Å². The van der Waals surface area contributed by atoms with Crippen molar-refractivity contribution >= 4 is 17.0 Å². The first-order valence-corrected chi connectivity index (χ1v) is 6.75. The second-order valence-corrected chi connectivity index (χ2v) is 6.00. The molecule has 1 aromatic carbocycles. The minimum absolute atomic E-state index is 0.00894. The van der Waals surface area contributed by atoms with E-state index in [-0.39, 0.29) is 12.1 Å². The van der Waals surface area contributed by atoms with E-state index in [1.165, 1.54) is 0 Å². The molecule has 5 nitrogen and oxygen atoms in total. The zero-order chi connectivity index (χ0) is 14.8. The maximum Gasteiger partial charge on any atom is 0.407 e. The molecule has 1 heterocycles. The van der Waals surface area contributed by atoms with Gasteiger partial charge in [-0.25, -0.2) is 4.79 Å². The second kappa shape index (κ2) is 5.53. The van der Waals surface area contributed by atoms with Gasteiger partial charge in [-0.05, 0) is 45.7 Å². The topological polar surface area (TPSA) is 67.0 Å². The molecule has 20 heavy (non-hydrogen) atoms. The van der Waals surface area contributed by atoms with Gasteiger partial charge in [0.2, 0.25) is 0 Å². The number of aromatic nitrogens is 2. The van der Waals surface area contributed by atoms with Gasteiger partial charge in [-0.3, -0.25) is 5.10 Å². The van der Waals surface area contributed by atoms with Crippen molar-refractivity contribution in [3.63, 3.8) is 0 Å². The minimum atomic E-state index is -0.478. The molecule has 1 aromatic heterocycles. The normalized spacial score (nSPS) is 13.2. The van der Waals surface area contributed by atoms with E-state index in [0.717, 1.165) is 22.9 Å². The maximum absolute atomic E-state index is 11.7. The first-order valence-electron chi connectivity index (χ1n) is 6.75. The van der Waals surface area contributed by atoms with Gasteiger partial charge in [-0.2, -0.15) is 5.10 Å². The van der Waals surface area contributed by atoms with Crippen LogP contribution in [0.1, 0.15) is 33.3 Å². The molecule has 0 radical (unpaired) electrons. The fourth-order valence-corrected chi connectivity index (χ4v) is 2.10. The van der Waals surface area contributed by atoms with Crippen LogP contribution in [0.25, 0.3) is 10.9 Å². The summed E-state index contributed by atoms with van der Waals surface area (Å²) in [5.74, 6) is 0. The van der Waals surface area contributed by atoms with Crippen molar-refractivity contribution in [3.8, 4) is 0 Å². The Morgan fingerprint density at radius 2 is 2.20 bits per heavy atom. The largest absolute Gasteiger partial charge is 0.444 e. The lowest BCUT2D eigenvalue weighted by Crippen LogP contribution is -2.38. The van der Waals surface area contributed by atoms with Crippen molar-refractivity contribution in [2.75, 3.05) is 0 Å². The lowest BCUT2D eigenvalue weighted by atomic mass is 10.0. The molecule has 1 amide bonds. The predicted molar refractivity (Wildman–Crippen MR) is 78.6 cm³/mol. The number of nitrogens with zero attached hydrogens (tertiary/aromatic N) is 1. The summed E-state index contributed by atoms with van der Waals surface area (Å²) in [6.45, 7) is 7.51. The number of alkyl carbamates (subject to hydrolysis) is 1. The van der Waals surface area contributed by atoms with Gasteiger partial charge in [0.15, 0.2) is 0 Å². The number of fused-ring (bicyclic) bond motifs is 1. The second-order valence-electron chi connectivity index (χ2n) is 6.00.